The molecule has 0 atom stereocenters. The Balaban J connectivity index is 2.71. The maximum atomic E-state index is 5.96. The summed E-state index contributed by atoms with van der Waals surface area (Å²) in [6.07, 6.45) is 1.10. The van der Waals surface area contributed by atoms with Crippen molar-refractivity contribution in [2.45, 2.75) is 67.0 Å². The van der Waals surface area contributed by atoms with E-state index >= 15 is 0 Å². The molecule has 0 saturated heterocycles. The number of hydrogen-bond acceptors (Lipinski definition) is 2. The molecule has 20 heavy (non-hydrogen) atoms. The van der Waals surface area contributed by atoms with Crippen LogP contribution in [0.15, 0.2) is 12.1 Å². The van der Waals surface area contributed by atoms with E-state index in [2.05, 4.69) is 65.9 Å². The minimum absolute atomic E-state index is 0.147. The Morgan fingerprint density at radius 3 is 2.10 bits per heavy atom. The highest BCUT2D eigenvalue weighted by molar-refractivity contribution is 5.43. The molecule has 0 radical (unpaired) electrons. The van der Waals surface area contributed by atoms with Crippen molar-refractivity contribution in [1.82, 2.24) is 5.32 Å². The van der Waals surface area contributed by atoms with Gasteiger partial charge < -0.3 is 10.1 Å². The highest BCUT2D eigenvalue weighted by Gasteiger charge is 2.11. The standard InChI is InChI=1S/C18H31NO/c1-13(2)8-9-20-17-14(3)10-16(11-15(17)4)12-19-18(5,6)7/h10-11,13,19H,8-9,12H2,1-7H3. The van der Waals surface area contributed by atoms with Crippen molar-refractivity contribution in [3.05, 3.63) is 28.8 Å². The molecule has 0 heterocycles. The monoisotopic (exact) mass is 277 g/mol. The van der Waals surface area contributed by atoms with E-state index in [-0.39, 0.29) is 5.54 Å². The number of nitrogens with one attached hydrogen (secondary N) is 1. The fourth-order valence-electron chi connectivity index (χ4n) is 2.13. The molecule has 1 N–H and O–H groups in total. The Bertz CT molecular complexity index is 407. The topological polar surface area (TPSA) is 21.3 Å². The van der Waals surface area contributed by atoms with Gasteiger partial charge >= 0.3 is 0 Å². The van der Waals surface area contributed by atoms with Gasteiger partial charge in [-0.1, -0.05) is 26.0 Å². The minimum atomic E-state index is 0.147. The van der Waals surface area contributed by atoms with Gasteiger partial charge in [-0.05, 0) is 63.6 Å². The minimum Gasteiger partial charge on any atom is -0.493 e. The molecule has 114 valence electrons. The van der Waals surface area contributed by atoms with Gasteiger partial charge in [0.1, 0.15) is 5.75 Å². The van der Waals surface area contributed by atoms with Crippen molar-refractivity contribution in [3.63, 3.8) is 0 Å². The number of rotatable bonds is 6. The summed E-state index contributed by atoms with van der Waals surface area (Å²) in [5, 5.41) is 3.53. The average molecular weight is 277 g/mol. The molecule has 1 rings (SSSR count). The predicted molar refractivity (Wildman–Crippen MR) is 87.5 cm³/mol. The van der Waals surface area contributed by atoms with Gasteiger partial charge in [-0.2, -0.15) is 0 Å². The van der Waals surface area contributed by atoms with E-state index in [0.717, 1.165) is 25.3 Å². The van der Waals surface area contributed by atoms with Gasteiger partial charge in [0.2, 0.25) is 0 Å². The van der Waals surface area contributed by atoms with Crippen molar-refractivity contribution >= 4 is 0 Å². The second-order valence-electron chi connectivity index (χ2n) is 7.19. The third kappa shape index (κ3) is 5.96. The first kappa shape index (κ1) is 17.0. The summed E-state index contributed by atoms with van der Waals surface area (Å²) in [4.78, 5) is 0. The molecule has 0 aliphatic rings. The van der Waals surface area contributed by atoms with Crippen molar-refractivity contribution in [1.29, 1.82) is 0 Å². The van der Waals surface area contributed by atoms with Gasteiger partial charge in [0, 0.05) is 12.1 Å². The van der Waals surface area contributed by atoms with E-state index in [1.807, 2.05) is 0 Å². The number of aryl methyl sites for hydroxylation is 2. The van der Waals surface area contributed by atoms with E-state index in [9.17, 15) is 0 Å². The first-order valence-corrected chi connectivity index (χ1v) is 7.67. The van der Waals surface area contributed by atoms with E-state index in [4.69, 9.17) is 4.74 Å². The van der Waals surface area contributed by atoms with Crippen LogP contribution in [0.2, 0.25) is 0 Å². The summed E-state index contributed by atoms with van der Waals surface area (Å²) in [5.41, 5.74) is 3.94. The SMILES string of the molecule is Cc1cc(CNC(C)(C)C)cc(C)c1OCCC(C)C. The second-order valence-corrected chi connectivity index (χ2v) is 7.19. The van der Waals surface area contributed by atoms with Gasteiger partial charge in [-0.15, -0.1) is 0 Å². The lowest BCUT2D eigenvalue weighted by molar-refractivity contribution is 0.286. The van der Waals surface area contributed by atoms with Crippen LogP contribution >= 0.6 is 0 Å². The van der Waals surface area contributed by atoms with Crippen LogP contribution in [-0.2, 0) is 6.54 Å². The Hall–Kier alpha value is -1.02. The third-order valence-electron chi connectivity index (χ3n) is 3.28. The lowest BCUT2D eigenvalue weighted by Gasteiger charge is -2.21. The smallest absolute Gasteiger partial charge is 0.125 e. The normalized spacial score (nSPS) is 12.0. The maximum Gasteiger partial charge on any atom is 0.125 e. The zero-order valence-corrected chi connectivity index (χ0v) is 14.3. The van der Waals surface area contributed by atoms with Crippen molar-refractivity contribution < 1.29 is 4.74 Å². The van der Waals surface area contributed by atoms with Crippen LogP contribution in [0, 0.1) is 19.8 Å². The molecule has 0 aromatic heterocycles. The number of benzene rings is 1. The number of hydrogen-bond donors (Lipinski definition) is 1. The molecule has 0 spiro atoms. The van der Waals surface area contributed by atoms with E-state index in [0.29, 0.717) is 5.92 Å². The molecular weight excluding hydrogens is 246 g/mol. The molecule has 0 aliphatic carbocycles. The van der Waals surface area contributed by atoms with E-state index < -0.39 is 0 Å². The van der Waals surface area contributed by atoms with Gasteiger partial charge in [-0.25, -0.2) is 0 Å². The number of ether oxygens (including phenoxy) is 1. The molecule has 1 aromatic carbocycles. The zero-order valence-electron chi connectivity index (χ0n) is 14.3. The van der Waals surface area contributed by atoms with Crippen LogP contribution in [0.4, 0.5) is 0 Å². The highest BCUT2D eigenvalue weighted by atomic mass is 16.5. The maximum absolute atomic E-state index is 5.96. The predicted octanol–water partition coefficient (Wildman–Crippen LogP) is 4.62. The molecule has 0 aliphatic heterocycles. The van der Waals surface area contributed by atoms with Crippen LogP contribution in [0.5, 0.6) is 5.75 Å². The van der Waals surface area contributed by atoms with E-state index in [1.54, 1.807) is 0 Å². The molecule has 0 saturated carbocycles. The second kappa shape index (κ2) is 7.12. The summed E-state index contributed by atoms with van der Waals surface area (Å²) in [5.74, 6) is 1.75. The van der Waals surface area contributed by atoms with Gasteiger partial charge in [-0.3, -0.25) is 0 Å². The summed E-state index contributed by atoms with van der Waals surface area (Å²) >= 11 is 0. The highest BCUT2D eigenvalue weighted by Crippen LogP contribution is 2.25. The van der Waals surface area contributed by atoms with Crippen molar-refractivity contribution in [2.24, 2.45) is 5.92 Å². The molecule has 0 unspecified atom stereocenters. The lowest BCUT2D eigenvalue weighted by Crippen LogP contribution is -2.35. The summed E-state index contributed by atoms with van der Waals surface area (Å²) < 4.78 is 5.96. The fraction of sp³-hybridized carbons (Fsp3) is 0.667. The zero-order chi connectivity index (χ0) is 15.3. The lowest BCUT2D eigenvalue weighted by atomic mass is 10.0. The molecule has 1 aromatic rings. The fourth-order valence-corrected chi connectivity index (χ4v) is 2.13. The van der Waals surface area contributed by atoms with Crippen LogP contribution in [0.3, 0.4) is 0 Å². The van der Waals surface area contributed by atoms with Gasteiger partial charge in [0.05, 0.1) is 6.61 Å². The molecule has 0 amide bonds. The third-order valence-corrected chi connectivity index (χ3v) is 3.28. The van der Waals surface area contributed by atoms with Gasteiger partial charge in [0.25, 0.3) is 0 Å². The summed E-state index contributed by atoms with van der Waals surface area (Å²) in [6, 6.07) is 4.47. The molecule has 2 nitrogen and oxygen atoms in total. The van der Waals surface area contributed by atoms with Crippen LogP contribution in [0.25, 0.3) is 0 Å². The summed E-state index contributed by atoms with van der Waals surface area (Å²) in [7, 11) is 0. The average Bonchev–Trinajstić information content (AvgIpc) is 2.29. The Kier molecular flexibility index (Phi) is 6.07. The Labute approximate surface area is 124 Å². The molecule has 0 fully saturated rings. The quantitative estimate of drug-likeness (QED) is 0.819. The molecule has 2 heteroatoms. The van der Waals surface area contributed by atoms with Crippen LogP contribution in [-0.4, -0.2) is 12.1 Å². The van der Waals surface area contributed by atoms with Gasteiger partial charge in [0.15, 0.2) is 0 Å². The first-order valence-electron chi connectivity index (χ1n) is 7.67. The Morgan fingerprint density at radius 1 is 1.10 bits per heavy atom. The largest absolute Gasteiger partial charge is 0.493 e. The van der Waals surface area contributed by atoms with Crippen molar-refractivity contribution in [2.75, 3.05) is 6.61 Å². The first-order chi connectivity index (χ1) is 9.19. The van der Waals surface area contributed by atoms with Crippen LogP contribution < -0.4 is 10.1 Å². The molecular formula is C18H31NO. The van der Waals surface area contributed by atoms with E-state index in [1.165, 1.54) is 16.7 Å². The van der Waals surface area contributed by atoms with Crippen LogP contribution in [0.1, 0.15) is 57.7 Å². The molecule has 0 bridgehead atoms. The Morgan fingerprint density at radius 2 is 1.65 bits per heavy atom. The summed E-state index contributed by atoms with van der Waals surface area (Å²) in [6.45, 7) is 17.0. The van der Waals surface area contributed by atoms with Crippen molar-refractivity contribution in [3.8, 4) is 5.75 Å².